The van der Waals surface area contributed by atoms with Crippen molar-refractivity contribution in [1.29, 1.82) is 0 Å². The van der Waals surface area contributed by atoms with E-state index in [1.165, 1.54) is 0 Å². The van der Waals surface area contributed by atoms with Gasteiger partial charge in [-0.05, 0) is 6.42 Å². The summed E-state index contributed by atoms with van der Waals surface area (Å²) in [6, 6.07) is 0. The Morgan fingerprint density at radius 2 is 2.18 bits per heavy atom. The summed E-state index contributed by atoms with van der Waals surface area (Å²) in [7, 11) is 0. The molecule has 2 aliphatic rings. The van der Waals surface area contributed by atoms with Gasteiger partial charge in [0.2, 0.25) is 5.91 Å². The Morgan fingerprint density at radius 3 is 2.82 bits per heavy atom. The van der Waals surface area contributed by atoms with Gasteiger partial charge in [-0.25, -0.2) is 0 Å². The molecule has 0 aromatic rings. The number of Topliss-reactive ketones (excluding diaryl/α,β-unsaturated/α-hetero) is 2. The van der Waals surface area contributed by atoms with E-state index in [9.17, 15) is 14.4 Å². The normalized spacial score (nSPS) is 25.4. The van der Waals surface area contributed by atoms with Crippen LogP contribution in [0.5, 0.6) is 0 Å². The molecule has 0 radical (unpaired) electrons. The van der Waals surface area contributed by atoms with Gasteiger partial charge in [-0.3, -0.25) is 14.4 Å². The smallest absolute Gasteiger partial charge is 0.222 e. The van der Waals surface area contributed by atoms with Crippen molar-refractivity contribution in [3.63, 3.8) is 0 Å². The Balaban J connectivity index is 1.80. The van der Waals surface area contributed by atoms with Gasteiger partial charge in [0.25, 0.3) is 0 Å². The summed E-state index contributed by atoms with van der Waals surface area (Å²) in [5.41, 5.74) is 0. The van der Waals surface area contributed by atoms with E-state index in [4.69, 9.17) is 4.74 Å². The molecule has 2 saturated heterocycles. The second-order valence-electron chi connectivity index (χ2n) is 4.54. The highest BCUT2D eigenvalue weighted by Crippen LogP contribution is 2.15. The molecule has 0 aromatic heterocycles. The van der Waals surface area contributed by atoms with Crippen LogP contribution in [0.25, 0.3) is 0 Å². The molecule has 2 heterocycles. The first-order chi connectivity index (χ1) is 8.18. The first-order valence-corrected chi connectivity index (χ1v) is 6.09. The lowest BCUT2D eigenvalue weighted by atomic mass is 9.94. The van der Waals surface area contributed by atoms with Gasteiger partial charge >= 0.3 is 0 Å². The van der Waals surface area contributed by atoms with Gasteiger partial charge in [0, 0.05) is 32.4 Å². The van der Waals surface area contributed by atoms with E-state index in [1.54, 1.807) is 4.90 Å². The molecule has 2 aliphatic heterocycles. The highest BCUT2D eigenvalue weighted by atomic mass is 16.5. The second-order valence-corrected chi connectivity index (χ2v) is 4.54. The van der Waals surface area contributed by atoms with Gasteiger partial charge in [0.15, 0.2) is 0 Å². The minimum atomic E-state index is -0.596. The van der Waals surface area contributed by atoms with Gasteiger partial charge in [0.1, 0.15) is 11.6 Å². The quantitative estimate of drug-likeness (QED) is 0.656. The van der Waals surface area contributed by atoms with Crippen molar-refractivity contribution in [3.05, 3.63) is 0 Å². The zero-order valence-corrected chi connectivity index (χ0v) is 9.81. The molecule has 94 valence electrons. The lowest BCUT2D eigenvalue weighted by Crippen LogP contribution is -2.36. The molecular weight excluding hydrogens is 222 g/mol. The molecule has 2 fully saturated rings. The fraction of sp³-hybridized carbons (Fsp3) is 0.750. The van der Waals surface area contributed by atoms with E-state index in [0.717, 1.165) is 13.0 Å². The maximum atomic E-state index is 11.8. The van der Waals surface area contributed by atoms with Crippen LogP contribution in [0.3, 0.4) is 0 Å². The number of likely N-dealkylation sites (tertiary alicyclic amines) is 1. The van der Waals surface area contributed by atoms with Crippen LogP contribution in [-0.4, -0.2) is 48.7 Å². The third-order valence-electron chi connectivity index (χ3n) is 3.35. The zero-order valence-electron chi connectivity index (χ0n) is 9.81. The van der Waals surface area contributed by atoms with Gasteiger partial charge in [-0.15, -0.1) is 0 Å². The van der Waals surface area contributed by atoms with E-state index in [1.807, 2.05) is 0 Å². The molecule has 5 nitrogen and oxygen atoms in total. The number of carbonyl (C=O) groups is 3. The van der Waals surface area contributed by atoms with E-state index < -0.39 is 5.92 Å². The molecule has 0 aliphatic carbocycles. The van der Waals surface area contributed by atoms with Crippen molar-refractivity contribution < 1.29 is 19.1 Å². The summed E-state index contributed by atoms with van der Waals surface area (Å²) in [6.07, 6.45) is 2.06. The molecule has 0 N–H and O–H groups in total. The standard InChI is InChI=1S/C12H17NO4/c14-10(9-8-17-7-4-11(9)15)3-6-13-5-1-2-12(13)16/h9H,1-8H2. The van der Waals surface area contributed by atoms with Crippen molar-refractivity contribution in [1.82, 2.24) is 4.90 Å². The molecule has 2 rings (SSSR count). The van der Waals surface area contributed by atoms with Gasteiger partial charge < -0.3 is 9.64 Å². The van der Waals surface area contributed by atoms with Crippen LogP contribution in [0.15, 0.2) is 0 Å². The Kier molecular flexibility index (Phi) is 3.89. The summed E-state index contributed by atoms with van der Waals surface area (Å²) < 4.78 is 5.14. The number of hydrogen-bond acceptors (Lipinski definition) is 4. The van der Waals surface area contributed by atoms with Gasteiger partial charge in [-0.2, -0.15) is 0 Å². The van der Waals surface area contributed by atoms with Crippen LogP contribution in [-0.2, 0) is 19.1 Å². The molecular formula is C12H17NO4. The summed E-state index contributed by atoms with van der Waals surface area (Å²) in [5, 5.41) is 0. The number of nitrogens with zero attached hydrogens (tertiary/aromatic N) is 1. The molecule has 0 aromatic carbocycles. The Labute approximate surface area is 100 Å². The molecule has 0 spiro atoms. The average molecular weight is 239 g/mol. The van der Waals surface area contributed by atoms with Crippen molar-refractivity contribution >= 4 is 17.5 Å². The number of ketones is 2. The van der Waals surface area contributed by atoms with Crippen LogP contribution in [0.2, 0.25) is 0 Å². The number of carbonyl (C=O) groups excluding carboxylic acids is 3. The predicted octanol–water partition coefficient (Wildman–Crippen LogP) is 0.174. The minimum Gasteiger partial charge on any atom is -0.380 e. The van der Waals surface area contributed by atoms with E-state index in [-0.39, 0.29) is 30.5 Å². The fourth-order valence-electron chi connectivity index (χ4n) is 2.27. The molecule has 17 heavy (non-hydrogen) atoms. The topological polar surface area (TPSA) is 63.7 Å². The van der Waals surface area contributed by atoms with Crippen molar-refractivity contribution in [2.75, 3.05) is 26.3 Å². The molecule has 0 saturated carbocycles. The third-order valence-corrected chi connectivity index (χ3v) is 3.35. The highest BCUT2D eigenvalue weighted by Gasteiger charge is 2.30. The van der Waals surface area contributed by atoms with Crippen molar-refractivity contribution in [3.8, 4) is 0 Å². The summed E-state index contributed by atoms with van der Waals surface area (Å²) in [6.45, 7) is 1.82. The SMILES string of the molecule is O=C1CCOCC1C(=O)CCN1CCCC1=O. The van der Waals surface area contributed by atoms with Crippen LogP contribution < -0.4 is 0 Å². The Hall–Kier alpha value is -1.23. The van der Waals surface area contributed by atoms with E-state index in [2.05, 4.69) is 0 Å². The van der Waals surface area contributed by atoms with Crippen LogP contribution in [0.4, 0.5) is 0 Å². The van der Waals surface area contributed by atoms with Gasteiger partial charge in [0.05, 0.1) is 19.1 Å². The molecule has 0 bridgehead atoms. The zero-order chi connectivity index (χ0) is 12.3. The minimum absolute atomic E-state index is 0.0194. The second kappa shape index (κ2) is 5.40. The monoisotopic (exact) mass is 239 g/mol. The molecule has 5 heteroatoms. The lowest BCUT2D eigenvalue weighted by molar-refractivity contribution is -0.140. The summed E-state index contributed by atoms with van der Waals surface area (Å²) in [5.74, 6) is -0.589. The maximum Gasteiger partial charge on any atom is 0.222 e. The number of amides is 1. The first-order valence-electron chi connectivity index (χ1n) is 6.09. The van der Waals surface area contributed by atoms with Crippen molar-refractivity contribution in [2.24, 2.45) is 5.92 Å². The highest BCUT2D eigenvalue weighted by molar-refractivity contribution is 6.03. The molecule has 1 atom stereocenters. The third kappa shape index (κ3) is 2.91. The largest absolute Gasteiger partial charge is 0.380 e. The van der Waals surface area contributed by atoms with E-state index >= 15 is 0 Å². The molecule has 1 unspecified atom stereocenters. The van der Waals surface area contributed by atoms with Gasteiger partial charge in [-0.1, -0.05) is 0 Å². The average Bonchev–Trinajstić information content (AvgIpc) is 2.72. The number of rotatable bonds is 4. The van der Waals surface area contributed by atoms with Crippen LogP contribution in [0.1, 0.15) is 25.7 Å². The van der Waals surface area contributed by atoms with E-state index in [0.29, 0.717) is 26.0 Å². The first kappa shape index (κ1) is 12.2. The Morgan fingerprint density at radius 1 is 1.35 bits per heavy atom. The lowest BCUT2D eigenvalue weighted by Gasteiger charge is -2.21. The van der Waals surface area contributed by atoms with Crippen LogP contribution in [0, 0.1) is 5.92 Å². The number of ether oxygens (including phenoxy) is 1. The van der Waals surface area contributed by atoms with Crippen molar-refractivity contribution in [2.45, 2.75) is 25.7 Å². The number of hydrogen-bond donors (Lipinski definition) is 0. The Bertz CT molecular complexity index is 339. The molecule has 1 amide bonds. The fourth-order valence-corrected chi connectivity index (χ4v) is 2.27. The van der Waals surface area contributed by atoms with Crippen LogP contribution >= 0.6 is 0 Å². The summed E-state index contributed by atoms with van der Waals surface area (Å²) >= 11 is 0. The maximum absolute atomic E-state index is 11.8. The summed E-state index contributed by atoms with van der Waals surface area (Å²) in [4.78, 5) is 36.4. The predicted molar refractivity (Wildman–Crippen MR) is 59.4 cm³/mol.